The largest absolute Gasteiger partial charge is 0.497 e. The Kier molecular flexibility index (Phi) is 2.77. The van der Waals surface area contributed by atoms with Crippen LogP contribution in [0.4, 0.5) is 0 Å². The number of rotatable bonds is 2. The first-order valence-corrected chi connectivity index (χ1v) is 6.92. The van der Waals surface area contributed by atoms with E-state index in [2.05, 4.69) is 19.9 Å². The van der Waals surface area contributed by atoms with Gasteiger partial charge in [0.2, 0.25) is 0 Å². The van der Waals surface area contributed by atoms with Crippen LogP contribution < -0.4 is 4.74 Å². The highest BCUT2D eigenvalue weighted by atomic mass is 16.5. The second-order valence-electron chi connectivity index (χ2n) is 6.07. The molecule has 1 aromatic carbocycles. The number of Topliss-reactive ketones (excluding diaryl/α,β-unsaturated/α-hetero) is 1. The zero-order valence-corrected chi connectivity index (χ0v) is 11.8. The minimum Gasteiger partial charge on any atom is -0.497 e. The number of carbonyl (C=O) groups excluding carboxylic acids is 1. The Hall–Kier alpha value is -1.57. The average Bonchev–Trinajstić information content (AvgIpc) is 2.44. The molecular formula is C17H20O2. The van der Waals surface area contributed by atoms with Crippen molar-refractivity contribution >= 4 is 5.78 Å². The van der Waals surface area contributed by atoms with Gasteiger partial charge in [0.05, 0.1) is 13.0 Å². The van der Waals surface area contributed by atoms with Crippen molar-refractivity contribution in [2.24, 2.45) is 11.3 Å². The highest BCUT2D eigenvalue weighted by molar-refractivity contribution is 5.98. The van der Waals surface area contributed by atoms with E-state index in [-0.39, 0.29) is 11.3 Å². The van der Waals surface area contributed by atoms with E-state index in [4.69, 9.17) is 4.74 Å². The number of fused-ring (bicyclic) bond motifs is 1. The molecule has 2 nitrogen and oxygen atoms in total. The van der Waals surface area contributed by atoms with Gasteiger partial charge in [-0.15, -0.1) is 0 Å². The number of hydrogen-bond donors (Lipinski definition) is 0. The molecule has 0 aliphatic heterocycles. The molecule has 1 fully saturated rings. The quantitative estimate of drug-likeness (QED) is 0.754. The standard InChI is InChI=1S/C17H20O2/c1-11-8-9-17(2)14(10-11)15(16(17)18)12-4-6-13(19-3)7-5-12/h4-7,10,14-15H,8-9H2,1-3H3/t14-,15?,17-/m0/s1. The number of benzene rings is 1. The summed E-state index contributed by atoms with van der Waals surface area (Å²) in [5.74, 6) is 1.67. The van der Waals surface area contributed by atoms with Crippen LogP contribution in [0, 0.1) is 11.3 Å². The lowest BCUT2D eigenvalue weighted by atomic mass is 9.48. The first-order valence-electron chi connectivity index (χ1n) is 6.92. The lowest BCUT2D eigenvalue weighted by Crippen LogP contribution is -2.54. The smallest absolute Gasteiger partial charge is 0.147 e. The van der Waals surface area contributed by atoms with E-state index in [1.807, 2.05) is 24.3 Å². The van der Waals surface area contributed by atoms with Crippen LogP contribution in [0.5, 0.6) is 5.75 Å². The molecule has 0 aromatic heterocycles. The first kappa shape index (κ1) is 12.5. The van der Waals surface area contributed by atoms with Crippen molar-refractivity contribution < 1.29 is 9.53 Å². The molecule has 19 heavy (non-hydrogen) atoms. The lowest BCUT2D eigenvalue weighted by Gasteiger charge is -2.53. The summed E-state index contributed by atoms with van der Waals surface area (Å²) in [6, 6.07) is 7.94. The van der Waals surface area contributed by atoms with Gasteiger partial charge < -0.3 is 4.74 Å². The van der Waals surface area contributed by atoms with Crippen molar-refractivity contribution in [1.82, 2.24) is 0 Å². The molecule has 3 rings (SSSR count). The molecule has 0 radical (unpaired) electrons. The van der Waals surface area contributed by atoms with Crippen LogP contribution in [0.15, 0.2) is 35.9 Å². The topological polar surface area (TPSA) is 26.3 Å². The fourth-order valence-corrected chi connectivity index (χ4v) is 3.54. The van der Waals surface area contributed by atoms with Crippen LogP contribution >= 0.6 is 0 Å². The molecular weight excluding hydrogens is 236 g/mol. The number of ketones is 1. The van der Waals surface area contributed by atoms with Crippen molar-refractivity contribution in [3.63, 3.8) is 0 Å². The number of carbonyl (C=O) groups is 1. The van der Waals surface area contributed by atoms with Gasteiger partial charge >= 0.3 is 0 Å². The van der Waals surface area contributed by atoms with Crippen LogP contribution in [0.25, 0.3) is 0 Å². The zero-order chi connectivity index (χ0) is 13.6. The second kappa shape index (κ2) is 4.22. The number of hydrogen-bond acceptors (Lipinski definition) is 2. The third-order valence-electron chi connectivity index (χ3n) is 4.92. The van der Waals surface area contributed by atoms with Gasteiger partial charge in [-0.25, -0.2) is 0 Å². The molecule has 0 amide bonds. The molecule has 2 aliphatic carbocycles. The molecule has 2 aliphatic rings. The van der Waals surface area contributed by atoms with E-state index in [0.717, 1.165) is 24.2 Å². The molecule has 3 atom stereocenters. The first-order chi connectivity index (χ1) is 9.06. The summed E-state index contributed by atoms with van der Waals surface area (Å²) >= 11 is 0. The summed E-state index contributed by atoms with van der Waals surface area (Å²) < 4.78 is 5.17. The van der Waals surface area contributed by atoms with E-state index in [9.17, 15) is 4.79 Å². The SMILES string of the molecule is COc1ccc(C2C(=O)[C@@]3(C)CCC(C)=C[C@@H]23)cc1. The maximum atomic E-state index is 12.5. The molecule has 0 spiro atoms. The molecule has 0 bridgehead atoms. The molecule has 1 aromatic rings. The zero-order valence-electron chi connectivity index (χ0n) is 11.8. The number of allylic oxidation sites excluding steroid dienone is 2. The van der Waals surface area contributed by atoms with Crippen molar-refractivity contribution in [3.8, 4) is 5.75 Å². The summed E-state index contributed by atoms with van der Waals surface area (Å²) in [6.45, 7) is 4.30. The van der Waals surface area contributed by atoms with Crippen molar-refractivity contribution in [2.75, 3.05) is 7.11 Å². The predicted octanol–water partition coefficient (Wildman–Crippen LogP) is 3.72. The third kappa shape index (κ3) is 1.73. The van der Waals surface area contributed by atoms with E-state index < -0.39 is 0 Å². The third-order valence-corrected chi connectivity index (χ3v) is 4.92. The van der Waals surface area contributed by atoms with Gasteiger partial charge in [-0.05, 0) is 37.5 Å². The van der Waals surface area contributed by atoms with Crippen molar-refractivity contribution in [1.29, 1.82) is 0 Å². The van der Waals surface area contributed by atoms with Gasteiger partial charge in [0.1, 0.15) is 11.5 Å². The van der Waals surface area contributed by atoms with Crippen LogP contribution in [-0.4, -0.2) is 12.9 Å². The highest BCUT2D eigenvalue weighted by Gasteiger charge is 2.58. The van der Waals surface area contributed by atoms with Crippen LogP contribution in [0.1, 0.15) is 38.2 Å². The molecule has 100 valence electrons. The molecule has 2 heteroatoms. The minimum absolute atomic E-state index is 0.0474. The number of methoxy groups -OCH3 is 1. The Morgan fingerprint density at radius 1 is 1.26 bits per heavy atom. The number of ether oxygens (including phenoxy) is 1. The molecule has 0 saturated heterocycles. The summed E-state index contributed by atoms with van der Waals surface area (Å²) in [6.07, 6.45) is 4.39. The lowest BCUT2D eigenvalue weighted by molar-refractivity contribution is -0.146. The van der Waals surface area contributed by atoms with Gasteiger partial charge in [0.25, 0.3) is 0 Å². The maximum absolute atomic E-state index is 12.5. The Morgan fingerprint density at radius 2 is 1.95 bits per heavy atom. The van der Waals surface area contributed by atoms with Crippen LogP contribution in [0.3, 0.4) is 0 Å². The average molecular weight is 256 g/mol. The molecule has 0 heterocycles. The van der Waals surface area contributed by atoms with Crippen LogP contribution in [-0.2, 0) is 4.79 Å². The van der Waals surface area contributed by atoms with Gasteiger partial charge in [-0.3, -0.25) is 4.79 Å². The summed E-state index contributed by atoms with van der Waals surface area (Å²) in [7, 11) is 1.66. The van der Waals surface area contributed by atoms with E-state index >= 15 is 0 Å². The van der Waals surface area contributed by atoms with E-state index in [1.165, 1.54) is 5.57 Å². The molecule has 1 unspecified atom stereocenters. The Bertz CT molecular complexity index is 541. The van der Waals surface area contributed by atoms with Gasteiger partial charge in [0.15, 0.2) is 0 Å². The van der Waals surface area contributed by atoms with E-state index in [1.54, 1.807) is 7.11 Å². The fraction of sp³-hybridized carbons (Fsp3) is 0.471. The highest BCUT2D eigenvalue weighted by Crippen LogP contribution is 2.58. The molecule has 1 saturated carbocycles. The Balaban J connectivity index is 1.93. The predicted molar refractivity (Wildman–Crippen MR) is 75.3 cm³/mol. The monoisotopic (exact) mass is 256 g/mol. The molecule has 0 N–H and O–H groups in total. The summed E-state index contributed by atoms with van der Waals surface area (Å²) in [4.78, 5) is 12.5. The van der Waals surface area contributed by atoms with Crippen molar-refractivity contribution in [2.45, 2.75) is 32.6 Å². The normalized spacial score (nSPS) is 33.2. The Labute approximate surface area is 114 Å². The van der Waals surface area contributed by atoms with Gasteiger partial charge in [-0.1, -0.05) is 30.7 Å². The van der Waals surface area contributed by atoms with Crippen LogP contribution in [0.2, 0.25) is 0 Å². The summed E-state index contributed by atoms with van der Waals surface area (Å²) in [5, 5.41) is 0. The summed E-state index contributed by atoms with van der Waals surface area (Å²) in [5.41, 5.74) is 2.43. The minimum atomic E-state index is -0.121. The fourth-order valence-electron chi connectivity index (χ4n) is 3.54. The van der Waals surface area contributed by atoms with E-state index in [0.29, 0.717) is 11.7 Å². The second-order valence-corrected chi connectivity index (χ2v) is 6.07. The maximum Gasteiger partial charge on any atom is 0.147 e. The van der Waals surface area contributed by atoms with Gasteiger partial charge in [-0.2, -0.15) is 0 Å². The van der Waals surface area contributed by atoms with Crippen molar-refractivity contribution in [3.05, 3.63) is 41.5 Å². The van der Waals surface area contributed by atoms with Gasteiger partial charge in [0, 0.05) is 11.3 Å². The Morgan fingerprint density at radius 3 is 2.58 bits per heavy atom.